The van der Waals surface area contributed by atoms with Gasteiger partial charge in [0, 0.05) is 31.6 Å². The van der Waals surface area contributed by atoms with E-state index in [1.54, 1.807) is 6.92 Å². The fourth-order valence-corrected chi connectivity index (χ4v) is 2.48. The Labute approximate surface area is 116 Å². The van der Waals surface area contributed by atoms with Crippen molar-refractivity contribution >= 4 is 11.6 Å². The van der Waals surface area contributed by atoms with Crippen molar-refractivity contribution in [1.82, 2.24) is 4.90 Å². The number of aliphatic hydroxyl groups excluding tert-OH is 1. The smallest absolute Gasteiger partial charge is 0.254 e. The van der Waals surface area contributed by atoms with E-state index in [2.05, 4.69) is 5.32 Å². The summed E-state index contributed by atoms with van der Waals surface area (Å²) in [6.45, 7) is 2.58. The highest BCUT2D eigenvalue weighted by atomic mass is 19.1. The van der Waals surface area contributed by atoms with Gasteiger partial charge in [-0.15, -0.1) is 0 Å². The quantitative estimate of drug-likeness (QED) is 0.890. The number of anilines is 1. The van der Waals surface area contributed by atoms with Crippen molar-refractivity contribution in [3.8, 4) is 0 Å². The standard InChI is InChI=1S/C14H18F2N2O2/c1-8(19)9-3-4-18(7-9)14(20)10-5-11(15)13(17-2)12(16)6-10/h5-6,8-9,17,19H,3-4,7H2,1-2H3. The van der Waals surface area contributed by atoms with E-state index >= 15 is 0 Å². The van der Waals surface area contributed by atoms with Crippen molar-refractivity contribution in [3.05, 3.63) is 29.3 Å². The van der Waals surface area contributed by atoms with Crippen LogP contribution < -0.4 is 5.32 Å². The molecule has 4 nitrogen and oxygen atoms in total. The number of likely N-dealkylation sites (tertiary alicyclic amines) is 1. The second-order valence-corrected chi connectivity index (χ2v) is 5.11. The number of carbonyl (C=O) groups is 1. The number of nitrogens with zero attached hydrogens (tertiary/aromatic N) is 1. The summed E-state index contributed by atoms with van der Waals surface area (Å²) < 4.78 is 27.3. The van der Waals surface area contributed by atoms with Gasteiger partial charge in [-0.2, -0.15) is 0 Å². The van der Waals surface area contributed by atoms with Crippen molar-refractivity contribution in [1.29, 1.82) is 0 Å². The van der Waals surface area contributed by atoms with Gasteiger partial charge >= 0.3 is 0 Å². The monoisotopic (exact) mass is 284 g/mol. The first-order valence-corrected chi connectivity index (χ1v) is 6.58. The van der Waals surface area contributed by atoms with Gasteiger partial charge in [-0.25, -0.2) is 8.78 Å². The Morgan fingerprint density at radius 2 is 2.05 bits per heavy atom. The number of benzene rings is 1. The van der Waals surface area contributed by atoms with Crippen LogP contribution in [0.3, 0.4) is 0 Å². The Bertz CT molecular complexity index is 497. The Kier molecular flexibility index (Phi) is 4.23. The van der Waals surface area contributed by atoms with Crippen molar-refractivity contribution < 1.29 is 18.7 Å². The van der Waals surface area contributed by atoms with E-state index < -0.39 is 23.6 Å². The van der Waals surface area contributed by atoms with E-state index in [1.165, 1.54) is 11.9 Å². The molecule has 2 rings (SSSR count). The fraction of sp³-hybridized carbons (Fsp3) is 0.500. The summed E-state index contributed by atoms with van der Waals surface area (Å²) in [5, 5.41) is 11.9. The Balaban J connectivity index is 2.18. The van der Waals surface area contributed by atoms with Crippen LogP contribution in [0.15, 0.2) is 12.1 Å². The molecule has 0 saturated carbocycles. The molecule has 1 aliphatic heterocycles. The summed E-state index contributed by atoms with van der Waals surface area (Å²) in [5.41, 5.74) is -0.255. The number of aliphatic hydroxyl groups is 1. The molecule has 1 heterocycles. The van der Waals surface area contributed by atoms with Gasteiger partial charge < -0.3 is 15.3 Å². The molecule has 0 aliphatic carbocycles. The molecule has 1 fully saturated rings. The van der Waals surface area contributed by atoms with E-state index in [0.29, 0.717) is 19.5 Å². The minimum Gasteiger partial charge on any atom is -0.393 e. The van der Waals surface area contributed by atoms with Gasteiger partial charge in [-0.05, 0) is 25.5 Å². The Hall–Kier alpha value is -1.69. The largest absolute Gasteiger partial charge is 0.393 e. The molecule has 110 valence electrons. The molecule has 0 spiro atoms. The number of hydrogen-bond donors (Lipinski definition) is 2. The summed E-state index contributed by atoms with van der Waals surface area (Å²) in [5.74, 6) is -1.97. The fourth-order valence-electron chi connectivity index (χ4n) is 2.48. The van der Waals surface area contributed by atoms with E-state index in [0.717, 1.165) is 12.1 Å². The molecular formula is C14H18F2N2O2. The first-order valence-electron chi connectivity index (χ1n) is 6.58. The maximum atomic E-state index is 13.7. The average Bonchev–Trinajstić information content (AvgIpc) is 2.87. The molecule has 20 heavy (non-hydrogen) atoms. The van der Waals surface area contributed by atoms with Crippen LogP contribution in [-0.2, 0) is 0 Å². The molecule has 0 aromatic heterocycles. The molecule has 1 amide bonds. The number of amides is 1. The van der Waals surface area contributed by atoms with Gasteiger partial charge in [-0.3, -0.25) is 4.79 Å². The normalized spacial score (nSPS) is 20.1. The molecule has 0 bridgehead atoms. The molecule has 1 aliphatic rings. The minimum absolute atomic E-state index is 0.00903. The van der Waals surface area contributed by atoms with Crippen LogP contribution in [0.5, 0.6) is 0 Å². The molecule has 2 N–H and O–H groups in total. The van der Waals surface area contributed by atoms with Crippen LogP contribution in [-0.4, -0.2) is 42.2 Å². The van der Waals surface area contributed by atoms with Crippen LogP contribution in [0.4, 0.5) is 14.5 Å². The molecule has 6 heteroatoms. The summed E-state index contributed by atoms with van der Waals surface area (Å²) in [6.07, 6.45) is 0.205. The zero-order valence-corrected chi connectivity index (χ0v) is 11.5. The SMILES string of the molecule is CNc1c(F)cc(C(=O)N2CCC(C(C)O)C2)cc1F. The molecule has 1 aromatic rings. The van der Waals surface area contributed by atoms with Crippen LogP contribution >= 0.6 is 0 Å². The number of halogens is 2. The lowest BCUT2D eigenvalue weighted by Gasteiger charge is -2.18. The lowest BCUT2D eigenvalue weighted by molar-refractivity contribution is 0.0761. The van der Waals surface area contributed by atoms with E-state index in [4.69, 9.17) is 0 Å². The minimum atomic E-state index is -0.790. The second-order valence-electron chi connectivity index (χ2n) is 5.11. The van der Waals surface area contributed by atoms with Crippen LogP contribution in [0.1, 0.15) is 23.7 Å². The molecule has 1 saturated heterocycles. The average molecular weight is 284 g/mol. The Morgan fingerprint density at radius 3 is 2.50 bits per heavy atom. The van der Waals surface area contributed by atoms with Gasteiger partial charge in [0.15, 0.2) is 0 Å². The highest BCUT2D eigenvalue weighted by molar-refractivity contribution is 5.94. The maximum Gasteiger partial charge on any atom is 0.254 e. The molecule has 1 aromatic carbocycles. The number of nitrogens with one attached hydrogen (secondary N) is 1. The summed E-state index contributed by atoms with van der Waals surface area (Å²) in [4.78, 5) is 13.7. The van der Waals surface area contributed by atoms with Gasteiger partial charge in [0.25, 0.3) is 5.91 Å². The second kappa shape index (κ2) is 5.75. The van der Waals surface area contributed by atoms with Crippen LogP contribution in [0, 0.1) is 17.6 Å². The summed E-state index contributed by atoms with van der Waals surface area (Å²) in [7, 11) is 1.41. The highest BCUT2D eigenvalue weighted by Gasteiger charge is 2.30. The summed E-state index contributed by atoms with van der Waals surface area (Å²) >= 11 is 0. The third kappa shape index (κ3) is 2.75. The van der Waals surface area contributed by atoms with Crippen molar-refractivity contribution in [2.45, 2.75) is 19.4 Å². The zero-order chi connectivity index (χ0) is 14.9. The Morgan fingerprint density at radius 1 is 1.45 bits per heavy atom. The lowest BCUT2D eigenvalue weighted by atomic mass is 10.0. The number of hydrogen-bond acceptors (Lipinski definition) is 3. The summed E-state index contributed by atoms with van der Waals surface area (Å²) in [6, 6.07) is 2.07. The number of rotatable bonds is 3. The van der Waals surface area contributed by atoms with Crippen molar-refractivity contribution in [2.75, 3.05) is 25.5 Å². The lowest BCUT2D eigenvalue weighted by Crippen LogP contribution is -2.30. The van der Waals surface area contributed by atoms with Crippen molar-refractivity contribution in [3.63, 3.8) is 0 Å². The topological polar surface area (TPSA) is 52.6 Å². The zero-order valence-electron chi connectivity index (χ0n) is 11.5. The first kappa shape index (κ1) is 14.7. The van der Waals surface area contributed by atoms with E-state index in [-0.39, 0.29) is 17.2 Å². The van der Waals surface area contributed by atoms with Crippen molar-refractivity contribution in [2.24, 2.45) is 5.92 Å². The van der Waals surface area contributed by atoms with Gasteiger partial charge in [-0.1, -0.05) is 0 Å². The molecule has 0 radical (unpaired) electrons. The maximum absolute atomic E-state index is 13.7. The van der Waals surface area contributed by atoms with Crippen LogP contribution in [0.25, 0.3) is 0 Å². The first-order chi connectivity index (χ1) is 9.43. The van der Waals surface area contributed by atoms with Gasteiger partial charge in [0.1, 0.15) is 17.3 Å². The molecule has 2 unspecified atom stereocenters. The predicted molar refractivity (Wildman–Crippen MR) is 71.6 cm³/mol. The van der Waals surface area contributed by atoms with Gasteiger partial charge in [0.05, 0.1) is 6.10 Å². The molecule has 2 atom stereocenters. The predicted octanol–water partition coefficient (Wildman–Crippen LogP) is 1.85. The van der Waals surface area contributed by atoms with Gasteiger partial charge in [0.2, 0.25) is 0 Å². The third-order valence-electron chi connectivity index (χ3n) is 3.73. The molecular weight excluding hydrogens is 266 g/mol. The van der Waals surface area contributed by atoms with Crippen LogP contribution in [0.2, 0.25) is 0 Å². The highest BCUT2D eigenvalue weighted by Crippen LogP contribution is 2.24. The van der Waals surface area contributed by atoms with E-state index in [1.807, 2.05) is 0 Å². The third-order valence-corrected chi connectivity index (χ3v) is 3.73. The van der Waals surface area contributed by atoms with E-state index in [9.17, 15) is 18.7 Å². The number of carbonyl (C=O) groups excluding carboxylic acids is 1.